The van der Waals surface area contributed by atoms with E-state index in [9.17, 15) is 26.4 Å². The fraction of sp³-hybridized carbons (Fsp3) is 0.353. The Hall–Kier alpha value is -2.60. The molecule has 0 bridgehead atoms. The van der Waals surface area contributed by atoms with Gasteiger partial charge in [0.05, 0.1) is 21.9 Å². The van der Waals surface area contributed by atoms with Crippen LogP contribution in [0.5, 0.6) is 0 Å². The molecule has 0 fully saturated rings. The summed E-state index contributed by atoms with van der Waals surface area (Å²) in [7, 11) is -2.46. The molecule has 0 amide bonds. The summed E-state index contributed by atoms with van der Waals surface area (Å²) < 4.78 is 67.1. The first-order valence-corrected chi connectivity index (χ1v) is 10.7. The highest BCUT2D eigenvalue weighted by Gasteiger charge is 2.36. The molecule has 0 aromatic carbocycles. The highest BCUT2D eigenvalue weighted by Crippen LogP contribution is 2.34. The van der Waals surface area contributed by atoms with Crippen LogP contribution in [-0.4, -0.2) is 33.3 Å². The van der Waals surface area contributed by atoms with Gasteiger partial charge in [-0.2, -0.15) is 13.2 Å². The van der Waals surface area contributed by atoms with Gasteiger partial charge < -0.3 is 14.9 Å². The van der Waals surface area contributed by atoms with E-state index in [0.717, 1.165) is 12.1 Å². The van der Waals surface area contributed by atoms with E-state index in [2.05, 4.69) is 9.97 Å². The van der Waals surface area contributed by atoms with Crippen LogP contribution < -0.4 is 11.3 Å². The van der Waals surface area contributed by atoms with Crippen LogP contribution in [-0.2, 0) is 29.6 Å². The van der Waals surface area contributed by atoms with E-state index in [1.807, 2.05) is 0 Å². The molecule has 0 aliphatic heterocycles. The molecule has 2 N–H and O–H groups in total. The fourth-order valence-corrected chi connectivity index (χ4v) is 4.31. The standard InChI is InChI=1S/C17H17ClF3N5O3S/c1-4-26-11(17(19,20)21)7-9-13(16(26)27)25(3)15(23-9)12-10(30(28,29)5-2)6-8(22)14(18)24-12/h6-7H,4-5,22H2,1-3H3. The summed E-state index contributed by atoms with van der Waals surface area (Å²) in [5.41, 5.74) is 2.97. The minimum atomic E-state index is -4.78. The Balaban J connectivity index is 2.46. The van der Waals surface area contributed by atoms with Crippen molar-refractivity contribution in [3.8, 4) is 11.5 Å². The number of pyridine rings is 2. The van der Waals surface area contributed by atoms with E-state index in [1.54, 1.807) is 0 Å². The van der Waals surface area contributed by atoms with Crippen LogP contribution in [0.1, 0.15) is 19.5 Å². The zero-order valence-corrected chi connectivity index (χ0v) is 17.7. The van der Waals surface area contributed by atoms with Crippen molar-refractivity contribution in [1.82, 2.24) is 19.1 Å². The van der Waals surface area contributed by atoms with Crippen LogP contribution in [0.15, 0.2) is 21.8 Å². The molecule has 13 heteroatoms. The lowest BCUT2D eigenvalue weighted by atomic mass is 10.3. The third-order valence-electron chi connectivity index (χ3n) is 4.64. The molecule has 3 aromatic heterocycles. The zero-order chi connectivity index (χ0) is 22.6. The number of imidazole rings is 1. The number of aryl methyl sites for hydroxylation is 1. The highest BCUT2D eigenvalue weighted by molar-refractivity contribution is 7.91. The average Bonchev–Trinajstić information content (AvgIpc) is 2.99. The van der Waals surface area contributed by atoms with E-state index in [0.29, 0.717) is 4.57 Å². The number of sulfone groups is 1. The maximum Gasteiger partial charge on any atom is 0.431 e. The number of rotatable bonds is 4. The van der Waals surface area contributed by atoms with Crippen LogP contribution in [0, 0.1) is 0 Å². The molecule has 0 saturated carbocycles. The van der Waals surface area contributed by atoms with Gasteiger partial charge in [-0.3, -0.25) is 4.79 Å². The number of nitrogens with two attached hydrogens (primary N) is 1. The van der Waals surface area contributed by atoms with Gasteiger partial charge in [0.1, 0.15) is 16.9 Å². The number of fused-ring (bicyclic) bond motifs is 1. The topological polar surface area (TPSA) is 113 Å². The van der Waals surface area contributed by atoms with Crippen molar-refractivity contribution in [3.05, 3.63) is 33.3 Å². The van der Waals surface area contributed by atoms with Crippen LogP contribution in [0.3, 0.4) is 0 Å². The molecule has 0 aliphatic carbocycles. The summed E-state index contributed by atoms with van der Waals surface area (Å²) >= 11 is 5.96. The lowest BCUT2D eigenvalue weighted by Gasteiger charge is -2.14. The Morgan fingerprint density at radius 1 is 1.20 bits per heavy atom. The molecular weight excluding hydrogens is 447 g/mol. The van der Waals surface area contributed by atoms with Gasteiger partial charge in [0.2, 0.25) is 0 Å². The van der Waals surface area contributed by atoms with Crippen molar-refractivity contribution in [2.45, 2.75) is 31.5 Å². The zero-order valence-electron chi connectivity index (χ0n) is 16.1. The predicted molar refractivity (Wildman–Crippen MR) is 106 cm³/mol. The molecule has 0 unspecified atom stereocenters. The quantitative estimate of drug-likeness (QED) is 0.595. The number of hydrogen-bond acceptors (Lipinski definition) is 6. The van der Waals surface area contributed by atoms with Crippen molar-refractivity contribution in [2.24, 2.45) is 7.05 Å². The predicted octanol–water partition coefficient (Wildman–Crippen LogP) is 2.86. The maximum atomic E-state index is 13.4. The maximum absolute atomic E-state index is 13.4. The number of anilines is 1. The molecule has 0 radical (unpaired) electrons. The average molecular weight is 464 g/mol. The van der Waals surface area contributed by atoms with Gasteiger partial charge >= 0.3 is 6.18 Å². The van der Waals surface area contributed by atoms with E-state index in [1.165, 1.54) is 25.5 Å². The fourth-order valence-electron chi connectivity index (χ4n) is 3.12. The second-order valence-corrected chi connectivity index (χ2v) is 9.03. The van der Waals surface area contributed by atoms with Gasteiger partial charge in [-0.25, -0.2) is 18.4 Å². The monoisotopic (exact) mass is 463 g/mol. The summed E-state index contributed by atoms with van der Waals surface area (Å²) in [6, 6.07) is 1.87. The van der Waals surface area contributed by atoms with Crippen molar-refractivity contribution < 1.29 is 21.6 Å². The molecule has 0 aliphatic rings. The lowest BCUT2D eigenvalue weighted by molar-refractivity contribution is -0.144. The van der Waals surface area contributed by atoms with Crippen LogP contribution in [0.2, 0.25) is 5.15 Å². The molecule has 8 nitrogen and oxygen atoms in total. The number of nitrogens with zero attached hydrogens (tertiary/aromatic N) is 4. The Labute approximate surface area is 174 Å². The first kappa shape index (κ1) is 22.1. The number of aromatic nitrogens is 4. The van der Waals surface area contributed by atoms with Crippen molar-refractivity contribution in [1.29, 1.82) is 0 Å². The molecule has 162 valence electrons. The molecule has 3 rings (SSSR count). The third kappa shape index (κ3) is 3.43. The Morgan fingerprint density at radius 3 is 2.37 bits per heavy atom. The summed E-state index contributed by atoms with van der Waals surface area (Å²) in [4.78, 5) is 20.6. The van der Waals surface area contributed by atoms with Gasteiger partial charge in [-0.15, -0.1) is 0 Å². The normalized spacial score (nSPS) is 12.6. The molecule has 3 aromatic rings. The first-order valence-electron chi connectivity index (χ1n) is 8.70. The Bertz CT molecular complexity index is 1330. The Morgan fingerprint density at radius 2 is 1.83 bits per heavy atom. The molecule has 0 spiro atoms. The lowest BCUT2D eigenvalue weighted by Crippen LogP contribution is -2.28. The smallest absolute Gasteiger partial charge is 0.396 e. The number of hydrogen-bond donors (Lipinski definition) is 1. The van der Waals surface area contributed by atoms with E-state index < -0.39 is 27.3 Å². The van der Waals surface area contributed by atoms with Gasteiger partial charge in [-0.05, 0) is 19.1 Å². The van der Waals surface area contributed by atoms with E-state index >= 15 is 0 Å². The highest BCUT2D eigenvalue weighted by atomic mass is 35.5. The summed E-state index contributed by atoms with van der Waals surface area (Å²) in [6.45, 7) is 2.60. The largest absolute Gasteiger partial charge is 0.431 e. The van der Waals surface area contributed by atoms with Gasteiger partial charge in [0.25, 0.3) is 5.56 Å². The van der Waals surface area contributed by atoms with Gasteiger partial charge in [-0.1, -0.05) is 18.5 Å². The second-order valence-electron chi connectivity index (χ2n) is 6.42. The van der Waals surface area contributed by atoms with E-state index in [-0.39, 0.29) is 50.6 Å². The summed E-state index contributed by atoms with van der Waals surface area (Å²) in [5, 5.41) is -0.200. The second kappa shape index (κ2) is 7.27. The Kier molecular flexibility index (Phi) is 5.35. The minimum absolute atomic E-state index is 0.0843. The molecule has 0 atom stereocenters. The number of alkyl halides is 3. The van der Waals surface area contributed by atoms with Crippen LogP contribution >= 0.6 is 11.6 Å². The number of nitrogen functional groups attached to an aromatic ring is 1. The third-order valence-corrected chi connectivity index (χ3v) is 6.68. The van der Waals surface area contributed by atoms with E-state index in [4.69, 9.17) is 17.3 Å². The summed E-state index contributed by atoms with van der Waals surface area (Å²) in [6.07, 6.45) is -4.78. The molecule has 0 saturated heterocycles. The minimum Gasteiger partial charge on any atom is -0.396 e. The summed E-state index contributed by atoms with van der Waals surface area (Å²) in [5.74, 6) is -0.411. The molecular formula is C17H17ClF3N5O3S. The van der Waals surface area contributed by atoms with Crippen molar-refractivity contribution >= 4 is 38.2 Å². The van der Waals surface area contributed by atoms with Crippen LogP contribution in [0.4, 0.5) is 18.9 Å². The van der Waals surface area contributed by atoms with Crippen LogP contribution in [0.25, 0.3) is 22.6 Å². The number of halogens is 4. The van der Waals surface area contributed by atoms with Gasteiger partial charge in [0.15, 0.2) is 20.8 Å². The van der Waals surface area contributed by atoms with Gasteiger partial charge in [0, 0.05) is 13.6 Å². The van der Waals surface area contributed by atoms with Crippen molar-refractivity contribution in [3.63, 3.8) is 0 Å². The molecule has 3 heterocycles. The molecule has 30 heavy (non-hydrogen) atoms. The van der Waals surface area contributed by atoms with Crippen molar-refractivity contribution in [2.75, 3.05) is 11.5 Å². The first-order chi connectivity index (χ1) is 13.8. The SMILES string of the molecule is CCn1c(C(F)(F)F)cc2nc(-c3nc(Cl)c(N)cc3S(=O)(=O)CC)n(C)c2c1=O.